The molecule has 1 aromatic rings. The third kappa shape index (κ3) is 5.48. The van der Waals surface area contributed by atoms with E-state index in [0.29, 0.717) is 23.3 Å². The zero-order valence-corrected chi connectivity index (χ0v) is 17.5. The first-order valence-corrected chi connectivity index (χ1v) is 10.2. The molecule has 7 heteroatoms. The van der Waals surface area contributed by atoms with Gasteiger partial charge in [-0.1, -0.05) is 39.8 Å². The fourth-order valence-corrected chi connectivity index (χ4v) is 3.81. The Hall–Kier alpha value is -2.02. The van der Waals surface area contributed by atoms with Crippen LogP contribution in [0.1, 0.15) is 47.5 Å². The minimum atomic E-state index is -0.937. The van der Waals surface area contributed by atoms with Gasteiger partial charge in [-0.25, -0.2) is 4.79 Å². The summed E-state index contributed by atoms with van der Waals surface area (Å²) in [5.74, 6) is -0.296. The van der Waals surface area contributed by atoms with Gasteiger partial charge in [-0.3, -0.25) is 14.5 Å². The highest BCUT2D eigenvalue weighted by Crippen LogP contribution is 2.30. The molecule has 27 heavy (non-hydrogen) atoms. The topological polar surface area (TPSA) is 78.5 Å². The molecule has 2 rings (SSSR count). The molecule has 0 aliphatic carbocycles. The fourth-order valence-electron chi connectivity index (χ4n) is 2.90. The molecule has 2 N–H and O–H groups in total. The van der Waals surface area contributed by atoms with Gasteiger partial charge in [-0.15, -0.1) is 11.8 Å². The third-order valence-electron chi connectivity index (χ3n) is 4.39. The number of nitrogens with zero attached hydrogens (tertiary/aromatic N) is 1. The molecular weight excluding hydrogens is 362 g/mol. The summed E-state index contributed by atoms with van der Waals surface area (Å²) < 4.78 is 0. The number of benzene rings is 1. The van der Waals surface area contributed by atoms with Crippen LogP contribution in [0, 0.1) is 5.92 Å². The summed E-state index contributed by atoms with van der Waals surface area (Å²) in [5, 5.41) is 5.94. The number of carbonyl (C=O) groups excluding carboxylic acids is 3. The molecule has 1 saturated heterocycles. The predicted octanol–water partition coefficient (Wildman–Crippen LogP) is 3.87. The Labute approximate surface area is 165 Å². The van der Waals surface area contributed by atoms with E-state index in [9.17, 15) is 14.4 Å². The van der Waals surface area contributed by atoms with Crippen molar-refractivity contribution in [3.8, 4) is 0 Å². The summed E-state index contributed by atoms with van der Waals surface area (Å²) in [6.45, 7) is 9.73. The van der Waals surface area contributed by atoms with Gasteiger partial charge in [0.2, 0.25) is 5.91 Å². The number of para-hydroxylation sites is 1. The summed E-state index contributed by atoms with van der Waals surface area (Å²) in [6.07, 6.45) is 1.38. The highest BCUT2D eigenvalue weighted by molar-refractivity contribution is 8.00. The molecule has 148 valence electrons. The van der Waals surface area contributed by atoms with E-state index in [0.717, 1.165) is 16.2 Å². The molecule has 1 heterocycles. The van der Waals surface area contributed by atoms with Crippen molar-refractivity contribution in [2.45, 2.75) is 63.1 Å². The molecular formula is C20H29N3O3S. The van der Waals surface area contributed by atoms with Crippen molar-refractivity contribution in [2.75, 3.05) is 11.9 Å². The van der Waals surface area contributed by atoms with E-state index < -0.39 is 11.6 Å². The fraction of sp³-hybridized carbons (Fsp3) is 0.550. The molecule has 1 aromatic carbocycles. The zero-order chi connectivity index (χ0) is 20.2. The Bertz CT molecular complexity index is 720. The van der Waals surface area contributed by atoms with Crippen LogP contribution in [0.15, 0.2) is 29.2 Å². The van der Waals surface area contributed by atoms with Crippen LogP contribution in [0.3, 0.4) is 0 Å². The van der Waals surface area contributed by atoms with Crippen molar-refractivity contribution in [1.29, 1.82) is 0 Å². The van der Waals surface area contributed by atoms with Crippen LogP contribution in [0.4, 0.5) is 10.5 Å². The smallest absolute Gasteiger partial charge is 0.324 e. The van der Waals surface area contributed by atoms with Crippen molar-refractivity contribution in [3.05, 3.63) is 24.3 Å². The molecule has 0 bridgehead atoms. The first-order chi connectivity index (χ1) is 12.6. The average molecular weight is 392 g/mol. The van der Waals surface area contributed by atoms with Gasteiger partial charge in [-0.05, 0) is 37.8 Å². The molecule has 1 atom stereocenters. The summed E-state index contributed by atoms with van der Waals surface area (Å²) >= 11 is 1.65. The lowest BCUT2D eigenvalue weighted by molar-refractivity contribution is -0.133. The average Bonchev–Trinajstić information content (AvgIpc) is 2.78. The van der Waals surface area contributed by atoms with Gasteiger partial charge in [0.1, 0.15) is 12.1 Å². The van der Waals surface area contributed by atoms with Crippen molar-refractivity contribution < 1.29 is 14.4 Å². The minimum absolute atomic E-state index is 0.289. The second kappa shape index (κ2) is 8.78. The quantitative estimate of drug-likeness (QED) is 0.521. The van der Waals surface area contributed by atoms with E-state index in [2.05, 4.69) is 38.3 Å². The second-order valence-corrected chi connectivity index (χ2v) is 9.42. The number of carbonyl (C=O) groups is 3. The van der Waals surface area contributed by atoms with Gasteiger partial charge in [-0.2, -0.15) is 0 Å². The van der Waals surface area contributed by atoms with E-state index in [1.54, 1.807) is 18.7 Å². The third-order valence-corrected chi connectivity index (χ3v) is 5.47. The van der Waals surface area contributed by atoms with E-state index in [4.69, 9.17) is 0 Å². The number of imide groups is 1. The lowest BCUT2D eigenvalue weighted by Crippen LogP contribution is -2.44. The van der Waals surface area contributed by atoms with Crippen LogP contribution in [-0.4, -0.2) is 40.1 Å². The summed E-state index contributed by atoms with van der Waals surface area (Å²) in [6, 6.07) is 7.01. The standard InChI is InChI=1S/C20H29N3O3S/c1-13(2)10-11-20(5)18(25)23(19(26)22-20)12-17(24)21-15-8-6-7-9-16(15)27-14(3)4/h6-9,13-14H,10-12H2,1-5H3,(H,21,24)(H,22,26). The number of nitrogens with one attached hydrogen (secondary N) is 2. The molecule has 0 spiro atoms. The van der Waals surface area contributed by atoms with E-state index >= 15 is 0 Å². The lowest BCUT2D eigenvalue weighted by atomic mass is 9.92. The highest BCUT2D eigenvalue weighted by atomic mass is 32.2. The summed E-state index contributed by atoms with van der Waals surface area (Å²) in [7, 11) is 0. The monoisotopic (exact) mass is 391 g/mol. The molecule has 0 radical (unpaired) electrons. The number of thioether (sulfide) groups is 1. The SMILES string of the molecule is CC(C)CCC1(C)NC(=O)N(CC(=O)Nc2ccccc2SC(C)C)C1=O. The van der Waals surface area contributed by atoms with E-state index in [1.165, 1.54) is 0 Å². The van der Waals surface area contributed by atoms with Gasteiger partial charge >= 0.3 is 6.03 Å². The van der Waals surface area contributed by atoms with Crippen LogP contribution >= 0.6 is 11.8 Å². The minimum Gasteiger partial charge on any atom is -0.324 e. The summed E-state index contributed by atoms with van der Waals surface area (Å²) in [5.41, 5.74) is -0.247. The molecule has 1 aliphatic rings. The van der Waals surface area contributed by atoms with Gasteiger partial charge in [0.05, 0.1) is 5.69 Å². The predicted molar refractivity (Wildman–Crippen MR) is 109 cm³/mol. The first-order valence-electron chi connectivity index (χ1n) is 9.32. The number of hydrogen-bond donors (Lipinski definition) is 2. The Morgan fingerprint density at radius 1 is 1.22 bits per heavy atom. The van der Waals surface area contributed by atoms with Crippen molar-refractivity contribution >= 4 is 35.3 Å². The number of hydrogen-bond acceptors (Lipinski definition) is 4. The van der Waals surface area contributed by atoms with E-state index in [1.807, 2.05) is 24.3 Å². The Morgan fingerprint density at radius 3 is 2.52 bits per heavy atom. The molecule has 4 amide bonds. The molecule has 1 unspecified atom stereocenters. The van der Waals surface area contributed by atoms with Crippen LogP contribution in [0.5, 0.6) is 0 Å². The van der Waals surface area contributed by atoms with Crippen LogP contribution < -0.4 is 10.6 Å². The van der Waals surface area contributed by atoms with Gasteiger partial charge < -0.3 is 10.6 Å². The Morgan fingerprint density at radius 2 is 1.89 bits per heavy atom. The maximum absolute atomic E-state index is 12.7. The molecule has 0 aromatic heterocycles. The van der Waals surface area contributed by atoms with E-state index in [-0.39, 0.29) is 18.4 Å². The lowest BCUT2D eigenvalue weighted by Gasteiger charge is -2.22. The van der Waals surface area contributed by atoms with Gasteiger partial charge in [0, 0.05) is 10.1 Å². The normalized spacial score (nSPS) is 19.7. The largest absolute Gasteiger partial charge is 0.325 e. The number of amides is 4. The first kappa shape index (κ1) is 21.3. The Balaban J connectivity index is 2.04. The highest BCUT2D eigenvalue weighted by Gasteiger charge is 2.47. The summed E-state index contributed by atoms with van der Waals surface area (Å²) in [4.78, 5) is 39.4. The number of rotatable bonds is 8. The van der Waals surface area contributed by atoms with Crippen LogP contribution in [0.25, 0.3) is 0 Å². The molecule has 0 saturated carbocycles. The maximum atomic E-state index is 12.7. The van der Waals surface area contributed by atoms with Crippen molar-refractivity contribution in [1.82, 2.24) is 10.2 Å². The van der Waals surface area contributed by atoms with Crippen molar-refractivity contribution in [3.63, 3.8) is 0 Å². The molecule has 1 aliphatic heterocycles. The zero-order valence-electron chi connectivity index (χ0n) is 16.7. The van der Waals surface area contributed by atoms with Gasteiger partial charge in [0.25, 0.3) is 5.91 Å². The number of urea groups is 1. The van der Waals surface area contributed by atoms with Gasteiger partial charge in [0.15, 0.2) is 0 Å². The molecule has 6 nitrogen and oxygen atoms in total. The maximum Gasteiger partial charge on any atom is 0.325 e. The second-order valence-electron chi connectivity index (χ2n) is 7.80. The Kier molecular flexibility index (Phi) is 6.92. The number of anilines is 1. The van der Waals surface area contributed by atoms with Crippen LogP contribution in [-0.2, 0) is 9.59 Å². The van der Waals surface area contributed by atoms with Crippen molar-refractivity contribution in [2.24, 2.45) is 5.92 Å². The van der Waals surface area contributed by atoms with Crippen LogP contribution in [0.2, 0.25) is 0 Å². The molecule has 1 fully saturated rings.